The molecular formula is C10H17N3O3. The van der Waals surface area contributed by atoms with Crippen LogP contribution in [0.25, 0.3) is 0 Å². The number of imide groups is 1. The van der Waals surface area contributed by atoms with Gasteiger partial charge in [-0.05, 0) is 0 Å². The molecule has 2 aliphatic rings. The fourth-order valence-electron chi connectivity index (χ4n) is 2.01. The third-order valence-electron chi connectivity index (χ3n) is 3.02. The van der Waals surface area contributed by atoms with Gasteiger partial charge in [-0.25, -0.2) is 0 Å². The molecule has 2 rings (SSSR count). The molecular weight excluding hydrogens is 210 g/mol. The highest BCUT2D eigenvalue weighted by molar-refractivity contribution is 6.05. The molecule has 2 aliphatic heterocycles. The lowest BCUT2D eigenvalue weighted by Crippen LogP contribution is -2.44. The van der Waals surface area contributed by atoms with Crippen molar-refractivity contribution in [1.82, 2.24) is 9.80 Å². The molecule has 2 N–H and O–H groups in total. The van der Waals surface area contributed by atoms with E-state index in [0.29, 0.717) is 13.1 Å². The van der Waals surface area contributed by atoms with Crippen LogP contribution in [-0.2, 0) is 14.3 Å². The fourth-order valence-corrected chi connectivity index (χ4v) is 2.01. The number of amides is 2. The SMILES string of the molecule is N[C@H]1CC(=O)N(CCN2CCOCC2)C1=O. The maximum absolute atomic E-state index is 11.5. The topological polar surface area (TPSA) is 75.9 Å². The van der Waals surface area contributed by atoms with E-state index in [4.69, 9.17) is 10.5 Å². The summed E-state index contributed by atoms with van der Waals surface area (Å²) in [6.07, 6.45) is 0.155. The van der Waals surface area contributed by atoms with Crippen LogP contribution < -0.4 is 5.73 Å². The molecule has 0 aromatic heterocycles. The van der Waals surface area contributed by atoms with E-state index in [1.165, 1.54) is 4.90 Å². The fraction of sp³-hybridized carbons (Fsp3) is 0.800. The van der Waals surface area contributed by atoms with Crippen LogP contribution in [0.15, 0.2) is 0 Å². The first kappa shape index (κ1) is 11.5. The molecule has 0 unspecified atom stereocenters. The van der Waals surface area contributed by atoms with Crippen LogP contribution in [0, 0.1) is 0 Å². The standard InChI is InChI=1S/C10H17N3O3/c11-8-7-9(14)13(10(8)15)2-1-12-3-5-16-6-4-12/h8H,1-7,11H2/t8-/m0/s1. The first-order chi connectivity index (χ1) is 7.68. The molecule has 16 heavy (non-hydrogen) atoms. The number of morpholine rings is 1. The smallest absolute Gasteiger partial charge is 0.246 e. The molecule has 0 bridgehead atoms. The van der Waals surface area contributed by atoms with Crippen molar-refractivity contribution in [2.75, 3.05) is 39.4 Å². The van der Waals surface area contributed by atoms with Gasteiger partial charge >= 0.3 is 0 Å². The van der Waals surface area contributed by atoms with Gasteiger partial charge in [-0.3, -0.25) is 19.4 Å². The molecule has 90 valence electrons. The van der Waals surface area contributed by atoms with Crippen molar-refractivity contribution in [2.45, 2.75) is 12.5 Å². The maximum Gasteiger partial charge on any atom is 0.246 e. The number of nitrogens with zero attached hydrogens (tertiary/aromatic N) is 2. The molecule has 2 heterocycles. The number of carbonyl (C=O) groups excluding carboxylic acids is 2. The zero-order chi connectivity index (χ0) is 11.5. The van der Waals surface area contributed by atoms with E-state index >= 15 is 0 Å². The molecule has 1 atom stereocenters. The monoisotopic (exact) mass is 227 g/mol. The number of rotatable bonds is 3. The van der Waals surface area contributed by atoms with E-state index < -0.39 is 6.04 Å². The van der Waals surface area contributed by atoms with Crippen molar-refractivity contribution in [3.8, 4) is 0 Å². The number of carbonyl (C=O) groups is 2. The summed E-state index contributed by atoms with van der Waals surface area (Å²) in [5, 5.41) is 0. The summed E-state index contributed by atoms with van der Waals surface area (Å²) in [6, 6.07) is -0.628. The van der Waals surface area contributed by atoms with Crippen LogP contribution in [0.2, 0.25) is 0 Å². The number of ether oxygens (including phenoxy) is 1. The van der Waals surface area contributed by atoms with Crippen LogP contribution in [0.3, 0.4) is 0 Å². The second-order valence-corrected chi connectivity index (χ2v) is 4.15. The minimum atomic E-state index is -0.628. The second-order valence-electron chi connectivity index (χ2n) is 4.15. The molecule has 0 aliphatic carbocycles. The molecule has 6 nitrogen and oxygen atoms in total. The van der Waals surface area contributed by atoms with Gasteiger partial charge in [0.2, 0.25) is 11.8 Å². The Morgan fingerprint density at radius 2 is 1.94 bits per heavy atom. The lowest BCUT2D eigenvalue weighted by molar-refractivity contribution is -0.139. The van der Waals surface area contributed by atoms with Gasteiger partial charge in [0.1, 0.15) is 0 Å². The predicted octanol–water partition coefficient (Wildman–Crippen LogP) is -1.60. The lowest BCUT2D eigenvalue weighted by atomic mass is 10.3. The Hall–Kier alpha value is -0.980. The van der Waals surface area contributed by atoms with Crippen LogP contribution in [0.1, 0.15) is 6.42 Å². The lowest BCUT2D eigenvalue weighted by Gasteiger charge is -2.28. The van der Waals surface area contributed by atoms with Gasteiger partial charge in [-0.2, -0.15) is 0 Å². The van der Waals surface area contributed by atoms with Crippen molar-refractivity contribution in [1.29, 1.82) is 0 Å². The van der Waals surface area contributed by atoms with E-state index in [0.717, 1.165) is 26.3 Å². The molecule has 0 radical (unpaired) electrons. The predicted molar refractivity (Wildman–Crippen MR) is 56.6 cm³/mol. The maximum atomic E-state index is 11.5. The van der Waals surface area contributed by atoms with E-state index in [-0.39, 0.29) is 18.2 Å². The Labute approximate surface area is 94.3 Å². The minimum Gasteiger partial charge on any atom is -0.379 e. The normalized spacial score (nSPS) is 27.8. The van der Waals surface area contributed by atoms with Crippen molar-refractivity contribution >= 4 is 11.8 Å². The van der Waals surface area contributed by atoms with Gasteiger partial charge in [0.15, 0.2) is 0 Å². The second kappa shape index (κ2) is 4.90. The van der Waals surface area contributed by atoms with Crippen molar-refractivity contribution in [3.05, 3.63) is 0 Å². The summed E-state index contributed by atoms with van der Waals surface area (Å²) in [4.78, 5) is 26.4. The Morgan fingerprint density at radius 3 is 2.50 bits per heavy atom. The van der Waals surface area contributed by atoms with Gasteiger partial charge in [0.05, 0.1) is 25.7 Å². The van der Waals surface area contributed by atoms with Crippen molar-refractivity contribution < 1.29 is 14.3 Å². The average molecular weight is 227 g/mol. The molecule has 0 saturated carbocycles. The average Bonchev–Trinajstić information content (AvgIpc) is 2.53. The molecule has 2 saturated heterocycles. The first-order valence-corrected chi connectivity index (χ1v) is 5.58. The third-order valence-corrected chi connectivity index (χ3v) is 3.02. The van der Waals surface area contributed by atoms with Crippen molar-refractivity contribution in [2.24, 2.45) is 5.73 Å². The first-order valence-electron chi connectivity index (χ1n) is 5.58. The van der Waals surface area contributed by atoms with Crippen LogP contribution in [0.5, 0.6) is 0 Å². The van der Waals surface area contributed by atoms with Gasteiger partial charge in [0.25, 0.3) is 0 Å². The molecule has 0 aromatic carbocycles. The minimum absolute atomic E-state index is 0.147. The van der Waals surface area contributed by atoms with Crippen LogP contribution >= 0.6 is 0 Å². The molecule has 6 heteroatoms. The van der Waals surface area contributed by atoms with Gasteiger partial charge in [-0.15, -0.1) is 0 Å². The Kier molecular flexibility index (Phi) is 3.52. The Bertz CT molecular complexity index is 289. The van der Waals surface area contributed by atoms with Crippen LogP contribution in [-0.4, -0.2) is 67.0 Å². The van der Waals surface area contributed by atoms with E-state index in [9.17, 15) is 9.59 Å². The highest BCUT2D eigenvalue weighted by atomic mass is 16.5. The van der Waals surface area contributed by atoms with Crippen LogP contribution in [0.4, 0.5) is 0 Å². The quantitative estimate of drug-likeness (QED) is 0.588. The number of hydrogen-bond donors (Lipinski definition) is 1. The number of nitrogens with two attached hydrogens (primary N) is 1. The number of likely N-dealkylation sites (tertiary alicyclic amines) is 1. The summed E-state index contributed by atoms with van der Waals surface area (Å²) in [5.41, 5.74) is 5.52. The summed E-state index contributed by atoms with van der Waals surface area (Å²) >= 11 is 0. The Balaban J connectivity index is 1.80. The summed E-state index contributed by atoms with van der Waals surface area (Å²) in [5.74, 6) is -0.385. The van der Waals surface area contributed by atoms with Crippen molar-refractivity contribution in [3.63, 3.8) is 0 Å². The Morgan fingerprint density at radius 1 is 1.25 bits per heavy atom. The van der Waals surface area contributed by atoms with Gasteiger partial charge < -0.3 is 10.5 Å². The summed E-state index contributed by atoms with van der Waals surface area (Å²) in [6.45, 7) is 4.34. The van der Waals surface area contributed by atoms with E-state index in [2.05, 4.69) is 4.90 Å². The highest BCUT2D eigenvalue weighted by Gasteiger charge is 2.35. The van der Waals surface area contributed by atoms with E-state index in [1.54, 1.807) is 0 Å². The zero-order valence-electron chi connectivity index (χ0n) is 9.22. The molecule has 0 aromatic rings. The molecule has 2 fully saturated rings. The molecule has 0 spiro atoms. The number of hydrogen-bond acceptors (Lipinski definition) is 5. The highest BCUT2D eigenvalue weighted by Crippen LogP contribution is 2.10. The zero-order valence-corrected chi connectivity index (χ0v) is 9.22. The largest absolute Gasteiger partial charge is 0.379 e. The summed E-state index contributed by atoms with van der Waals surface area (Å²) in [7, 11) is 0. The third kappa shape index (κ3) is 2.40. The van der Waals surface area contributed by atoms with E-state index in [1.807, 2.05) is 0 Å². The van der Waals surface area contributed by atoms with Gasteiger partial charge in [0, 0.05) is 26.2 Å². The molecule has 2 amide bonds. The summed E-state index contributed by atoms with van der Waals surface area (Å²) < 4.78 is 5.22. The van der Waals surface area contributed by atoms with Gasteiger partial charge in [-0.1, -0.05) is 0 Å².